The van der Waals surface area contributed by atoms with Crippen LogP contribution in [0.15, 0.2) is 24.3 Å². The molecule has 2 atom stereocenters. The number of halogens is 2. The van der Waals surface area contributed by atoms with Crippen molar-refractivity contribution in [1.29, 1.82) is 0 Å². The first-order valence-electron chi connectivity index (χ1n) is 8.52. The van der Waals surface area contributed by atoms with Crippen molar-refractivity contribution in [3.63, 3.8) is 0 Å². The van der Waals surface area contributed by atoms with Crippen LogP contribution in [0, 0.1) is 5.92 Å². The van der Waals surface area contributed by atoms with E-state index in [4.69, 9.17) is 0 Å². The average Bonchev–Trinajstić information content (AvgIpc) is 2.51. The van der Waals surface area contributed by atoms with E-state index in [1.807, 2.05) is 0 Å². The van der Waals surface area contributed by atoms with Crippen molar-refractivity contribution in [3.8, 4) is 5.75 Å². The minimum Gasteiger partial charge on any atom is -0.481 e. The van der Waals surface area contributed by atoms with Gasteiger partial charge in [0.25, 0.3) is 0 Å². The van der Waals surface area contributed by atoms with Gasteiger partial charge in [-0.15, -0.1) is 0 Å². The quantitative estimate of drug-likeness (QED) is 0.820. The number of rotatable bonds is 6. The molecule has 0 aromatic heterocycles. The highest BCUT2D eigenvalue weighted by Crippen LogP contribution is 2.24. The molecular weight excluding hydrogens is 332 g/mol. The topological polar surface area (TPSA) is 75.6 Å². The lowest BCUT2D eigenvalue weighted by atomic mass is 9.86. The van der Waals surface area contributed by atoms with Crippen molar-refractivity contribution in [3.05, 3.63) is 29.8 Å². The molecule has 1 amide bonds. The summed E-state index contributed by atoms with van der Waals surface area (Å²) in [5.74, 6) is -1.95. The van der Waals surface area contributed by atoms with Gasteiger partial charge in [0.15, 0.2) is 0 Å². The fraction of sp³-hybridized carbons (Fsp3) is 0.556. The second kappa shape index (κ2) is 9.34. The number of carboxylic acid groups (broad SMARTS) is 1. The number of amides is 1. The lowest BCUT2D eigenvalue weighted by Crippen LogP contribution is -2.44. The molecule has 1 aromatic carbocycles. The van der Waals surface area contributed by atoms with Gasteiger partial charge in [-0.3, -0.25) is 9.59 Å². The van der Waals surface area contributed by atoms with Crippen molar-refractivity contribution < 1.29 is 28.2 Å². The molecule has 0 aliphatic heterocycles. The van der Waals surface area contributed by atoms with Crippen LogP contribution in [0.1, 0.15) is 44.1 Å². The number of aliphatic carboxylic acids is 1. The molecule has 7 heteroatoms. The Labute approximate surface area is 145 Å². The van der Waals surface area contributed by atoms with Gasteiger partial charge >= 0.3 is 12.6 Å². The summed E-state index contributed by atoms with van der Waals surface area (Å²) in [5.41, 5.74) is 0.345. The van der Waals surface area contributed by atoms with Crippen LogP contribution >= 0.6 is 0 Å². The van der Waals surface area contributed by atoms with Gasteiger partial charge in [0, 0.05) is 11.6 Å². The number of benzene rings is 1. The summed E-state index contributed by atoms with van der Waals surface area (Å²) in [7, 11) is 0. The number of carbonyl (C=O) groups excluding carboxylic acids is 1. The molecular formula is C18H23F2NO4. The Morgan fingerprint density at radius 2 is 1.84 bits per heavy atom. The van der Waals surface area contributed by atoms with E-state index in [1.165, 1.54) is 6.07 Å². The van der Waals surface area contributed by atoms with Crippen LogP contribution in [0.25, 0.3) is 0 Å². The third kappa shape index (κ3) is 5.99. The molecule has 0 heterocycles. The summed E-state index contributed by atoms with van der Waals surface area (Å²) in [4.78, 5) is 23.8. The van der Waals surface area contributed by atoms with E-state index in [9.17, 15) is 23.5 Å². The smallest absolute Gasteiger partial charge is 0.387 e. The molecule has 138 valence electrons. The van der Waals surface area contributed by atoms with Gasteiger partial charge in [-0.05, 0) is 18.9 Å². The maximum atomic E-state index is 12.4. The molecule has 1 fully saturated rings. The van der Waals surface area contributed by atoms with Crippen LogP contribution in [0.2, 0.25) is 0 Å². The predicted octanol–water partition coefficient (Wildman–Crippen LogP) is 3.37. The van der Waals surface area contributed by atoms with Gasteiger partial charge in [-0.1, -0.05) is 43.9 Å². The van der Waals surface area contributed by atoms with Crippen LogP contribution in [0.5, 0.6) is 5.75 Å². The molecule has 25 heavy (non-hydrogen) atoms. The Morgan fingerprint density at radius 3 is 2.52 bits per heavy atom. The maximum absolute atomic E-state index is 12.4. The molecule has 0 saturated heterocycles. The number of hydrogen-bond donors (Lipinski definition) is 2. The number of ether oxygens (including phenoxy) is 1. The van der Waals surface area contributed by atoms with Gasteiger partial charge in [0.05, 0.1) is 12.3 Å². The summed E-state index contributed by atoms with van der Waals surface area (Å²) < 4.78 is 29.3. The van der Waals surface area contributed by atoms with Crippen LogP contribution in [0.3, 0.4) is 0 Å². The fourth-order valence-electron chi connectivity index (χ4n) is 3.24. The minimum atomic E-state index is -2.97. The number of alkyl halides is 2. The summed E-state index contributed by atoms with van der Waals surface area (Å²) in [5, 5.41) is 12.2. The van der Waals surface area contributed by atoms with Crippen LogP contribution in [0.4, 0.5) is 8.78 Å². The van der Waals surface area contributed by atoms with E-state index in [2.05, 4.69) is 10.1 Å². The minimum absolute atomic E-state index is 0.0416. The first-order valence-corrected chi connectivity index (χ1v) is 8.52. The van der Waals surface area contributed by atoms with E-state index in [0.717, 1.165) is 25.7 Å². The van der Waals surface area contributed by atoms with E-state index in [-0.39, 0.29) is 18.1 Å². The molecule has 1 saturated carbocycles. The zero-order chi connectivity index (χ0) is 18.2. The second-order valence-electron chi connectivity index (χ2n) is 6.27. The molecule has 1 aliphatic rings. The summed E-state index contributed by atoms with van der Waals surface area (Å²) in [6.45, 7) is -2.97. The number of nitrogens with one attached hydrogen (secondary N) is 1. The highest BCUT2D eigenvalue weighted by molar-refractivity contribution is 5.80. The molecule has 1 aliphatic carbocycles. The largest absolute Gasteiger partial charge is 0.481 e. The fourth-order valence-corrected chi connectivity index (χ4v) is 3.24. The molecule has 1 aromatic rings. The summed E-state index contributed by atoms with van der Waals surface area (Å²) in [6.07, 6.45) is 4.72. The lowest BCUT2D eigenvalue weighted by molar-refractivity contribution is -0.143. The molecule has 2 unspecified atom stereocenters. The highest BCUT2D eigenvalue weighted by Gasteiger charge is 2.30. The van der Waals surface area contributed by atoms with E-state index in [0.29, 0.717) is 18.4 Å². The monoisotopic (exact) mass is 355 g/mol. The van der Waals surface area contributed by atoms with Gasteiger partial charge in [-0.2, -0.15) is 8.78 Å². The van der Waals surface area contributed by atoms with Gasteiger partial charge in [-0.25, -0.2) is 0 Å². The molecule has 2 N–H and O–H groups in total. The SMILES string of the molecule is O=C(Cc1ccccc1OC(F)F)NC1CCCCCCC1C(=O)O. The second-order valence-corrected chi connectivity index (χ2v) is 6.27. The van der Waals surface area contributed by atoms with Crippen molar-refractivity contribution in [2.24, 2.45) is 5.92 Å². The van der Waals surface area contributed by atoms with E-state index in [1.54, 1.807) is 18.2 Å². The highest BCUT2D eigenvalue weighted by atomic mass is 19.3. The number of carbonyl (C=O) groups is 2. The van der Waals surface area contributed by atoms with Crippen molar-refractivity contribution in [1.82, 2.24) is 5.32 Å². The predicted molar refractivity (Wildman–Crippen MR) is 87.5 cm³/mol. The number of hydrogen-bond acceptors (Lipinski definition) is 3. The van der Waals surface area contributed by atoms with Crippen molar-refractivity contribution >= 4 is 11.9 Å². The first-order chi connectivity index (χ1) is 12.0. The zero-order valence-corrected chi connectivity index (χ0v) is 13.9. The first kappa shape index (κ1) is 19.1. The molecule has 0 radical (unpaired) electrons. The molecule has 0 bridgehead atoms. The standard InChI is InChI=1S/C18H23F2NO4/c19-18(20)25-15-10-6-5-7-12(15)11-16(22)21-14-9-4-2-1-3-8-13(14)17(23)24/h5-7,10,13-14,18H,1-4,8-9,11H2,(H,21,22)(H,23,24). The normalized spacial score (nSPS) is 21.2. The lowest BCUT2D eigenvalue weighted by Gasteiger charge is -2.27. The average molecular weight is 355 g/mol. The van der Waals surface area contributed by atoms with Crippen molar-refractivity contribution in [2.75, 3.05) is 0 Å². The zero-order valence-electron chi connectivity index (χ0n) is 13.9. The maximum Gasteiger partial charge on any atom is 0.387 e. The van der Waals surface area contributed by atoms with Gasteiger partial charge < -0.3 is 15.2 Å². The number of para-hydroxylation sites is 1. The van der Waals surface area contributed by atoms with Gasteiger partial charge in [0.2, 0.25) is 5.91 Å². The Balaban J connectivity index is 2.03. The molecule has 5 nitrogen and oxygen atoms in total. The summed E-state index contributed by atoms with van der Waals surface area (Å²) in [6, 6.07) is 5.67. The molecule has 2 rings (SSSR count). The van der Waals surface area contributed by atoms with Crippen LogP contribution < -0.4 is 10.1 Å². The van der Waals surface area contributed by atoms with Gasteiger partial charge in [0.1, 0.15) is 5.75 Å². The Bertz CT molecular complexity index is 594. The Kier molecular flexibility index (Phi) is 7.16. The van der Waals surface area contributed by atoms with Crippen LogP contribution in [-0.2, 0) is 16.0 Å². The third-order valence-electron chi connectivity index (χ3n) is 4.47. The Hall–Kier alpha value is -2.18. The van der Waals surface area contributed by atoms with E-state index < -0.39 is 24.5 Å². The van der Waals surface area contributed by atoms with Crippen molar-refractivity contribution in [2.45, 2.75) is 57.6 Å². The summed E-state index contributed by atoms with van der Waals surface area (Å²) >= 11 is 0. The third-order valence-corrected chi connectivity index (χ3v) is 4.47. The van der Waals surface area contributed by atoms with E-state index >= 15 is 0 Å². The van der Waals surface area contributed by atoms with Crippen LogP contribution in [-0.4, -0.2) is 29.6 Å². The molecule has 0 spiro atoms. The Morgan fingerprint density at radius 1 is 1.16 bits per heavy atom. The number of carboxylic acids is 1.